The molecule has 30 heavy (non-hydrogen) atoms. The van der Waals surface area contributed by atoms with Crippen molar-refractivity contribution < 1.29 is 4.79 Å². The van der Waals surface area contributed by atoms with Gasteiger partial charge in [-0.1, -0.05) is 6.07 Å². The van der Waals surface area contributed by atoms with Crippen molar-refractivity contribution in [2.24, 2.45) is 12.5 Å². The lowest BCUT2D eigenvalue weighted by Gasteiger charge is -2.38. The molecule has 4 aromatic rings. The molecular weight excluding hydrogens is 376 g/mol. The van der Waals surface area contributed by atoms with Crippen LogP contribution in [0.25, 0.3) is 27.5 Å². The lowest BCUT2D eigenvalue weighted by molar-refractivity contribution is -0.128. The van der Waals surface area contributed by atoms with Crippen LogP contribution in [0.3, 0.4) is 0 Å². The zero-order valence-electron chi connectivity index (χ0n) is 17.0. The summed E-state index contributed by atoms with van der Waals surface area (Å²) in [6, 6.07) is 10.7. The van der Waals surface area contributed by atoms with Gasteiger partial charge in [-0.15, -0.1) is 0 Å². The summed E-state index contributed by atoms with van der Waals surface area (Å²) in [7, 11) is 1.96. The normalized spacial score (nSPS) is 18.6. The van der Waals surface area contributed by atoms with Gasteiger partial charge in [0.25, 0.3) is 0 Å². The number of pyridine rings is 1. The molecule has 1 aromatic carbocycles. The van der Waals surface area contributed by atoms with E-state index < -0.39 is 0 Å². The topological polar surface area (TPSA) is 67.5 Å². The minimum atomic E-state index is -0.157. The number of nitrogens with one attached hydrogen (secondary N) is 1. The van der Waals surface area contributed by atoms with E-state index in [1.54, 1.807) is 0 Å². The molecule has 1 spiro atoms. The third-order valence-electron chi connectivity index (χ3n) is 7.01. The predicted molar refractivity (Wildman–Crippen MR) is 116 cm³/mol. The number of carbonyl (C=O) groups excluding carboxylic acids is 1. The van der Waals surface area contributed by atoms with Crippen molar-refractivity contribution in [1.82, 2.24) is 24.7 Å². The van der Waals surface area contributed by atoms with Crippen LogP contribution in [0.4, 0.5) is 5.69 Å². The van der Waals surface area contributed by atoms with Gasteiger partial charge < -0.3 is 10.2 Å². The van der Waals surface area contributed by atoms with E-state index in [1.807, 2.05) is 34.8 Å². The highest BCUT2D eigenvalue weighted by Gasteiger charge is 2.44. The Labute approximate surface area is 174 Å². The molecule has 0 bridgehead atoms. The second-order valence-electron chi connectivity index (χ2n) is 8.56. The molecular formula is C23H24N6O. The molecule has 1 N–H and O–H groups in total. The molecule has 7 heteroatoms. The largest absolute Gasteiger partial charge is 0.370 e. The molecule has 2 aliphatic rings. The number of aryl methyl sites for hydroxylation is 1. The Balaban J connectivity index is 1.40. The first-order valence-corrected chi connectivity index (χ1v) is 10.6. The van der Waals surface area contributed by atoms with Gasteiger partial charge in [-0.25, -0.2) is 4.52 Å². The Kier molecular flexibility index (Phi) is 3.69. The molecule has 2 fully saturated rings. The summed E-state index contributed by atoms with van der Waals surface area (Å²) >= 11 is 0. The summed E-state index contributed by atoms with van der Waals surface area (Å²) < 4.78 is 3.86. The van der Waals surface area contributed by atoms with Gasteiger partial charge >= 0.3 is 0 Å². The quantitative estimate of drug-likeness (QED) is 0.562. The summed E-state index contributed by atoms with van der Waals surface area (Å²) in [6.45, 7) is 2.59. The van der Waals surface area contributed by atoms with Crippen LogP contribution >= 0.6 is 0 Å². The lowest BCUT2D eigenvalue weighted by atomic mass is 9.77. The fourth-order valence-corrected chi connectivity index (χ4v) is 5.19. The molecule has 0 unspecified atom stereocenters. The number of piperidine rings is 1. The number of hydrogen-bond donors (Lipinski definition) is 1. The van der Waals surface area contributed by atoms with Crippen LogP contribution in [-0.4, -0.2) is 44.9 Å². The Morgan fingerprint density at radius 1 is 1.07 bits per heavy atom. The number of aromatic nitrogens is 4. The van der Waals surface area contributed by atoms with Gasteiger partial charge in [0, 0.05) is 43.8 Å². The van der Waals surface area contributed by atoms with E-state index in [4.69, 9.17) is 0 Å². The highest BCUT2D eigenvalue weighted by molar-refractivity contribution is 5.94. The van der Waals surface area contributed by atoms with E-state index in [9.17, 15) is 4.79 Å². The van der Waals surface area contributed by atoms with E-state index in [-0.39, 0.29) is 11.3 Å². The van der Waals surface area contributed by atoms with E-state index >= 15 is 0 Å². The SMILES string of the molecule is Cn1ncc2cc(-c3cnn4cccc(N5CCC6(CCNC6=O)CC5)c34)ccc21. The average Bonchev–Trinajstić information content (AvgIpc) is 3.46. The van der Waals surface area contributed by atoms with Crippen molar-refractivity contribution in [3.8, 4) is 11.1 Å². The smallest absolute Gasteiger partial charge is 0.226 e. The fraction of sp³-hybridized carbons (Fsp3) is 0.348. The highest BCUT2D eigenvalue weighted by atomic mass is 16.2. The molecule has 3 aromatic heterocycles. The molecule has 1 amide bonds. The van der Waals surface area contributed by atoms with Crippen LogP contribution in [0.5, 0.6) is 0 Å². The van der Waals surface area contributed by atoms with Crippen molar-refractivity contribution in [2.75, 3.05) is 24.5 Å². The number of rotatable bonds is 2. The molecule has 7 nitrogen and oxygen atoms in total. The van der Waals surface area contributed by atoms with Gasteiger partial charge in [0.2, 0.25) is 5.91 Å². The summed E-state index contributed by atoms with van der Waals surface area (Å²) in [5, 5.41) is 13.1. The van der Waals surface area contributed by atoms with Gasteiger partial charge in [0.1, 0.15) is 0 Å². The summed E-state index contributed by atoms with van der Waals surface area (Å²) in [5.74, 6) is 0.246. The Morgan fingerprint density at radius 2 is 1.93 bits per heavy atom. The molecule has 0 radical (unpaired) electrons. The second kappa shape index (κ2) is 6.32. The molecule has 5 heterocycles. The minimum absolute atomic E-state index is 0.157. The number of carbonyl (C=O) groups is 1. The lowest BCUT2D eigenvalue weighted by Crippen LogP contribution is -2.44. The van der Waals surface area contributed by atoms with Crippen molar-refractivity contribution in [2.45, 2.75) is 19.3 Å². The van der Waals surface area contributed by atoms with Crippen molar-refractivity contribution in [1.29, 1.82) is 0 Å². The zero-order valence-corrected chi connectivity index (χ0v) is 17.0. The fourth-order valence-electron chi connectivity index (χ4n) is 5.19. The predicted octanol–water partition coefficient (Wildman–Crippen LogP) is 2.99. The Morgan fingerprint density at radius 3 is 2.73 bits per heavy atom. The maximum atomic E-state index is 12.4. The number of amides is 1. The van der Waals surface area contributed by atoms with Gasteiger partial charge in [0.15, 0.2) is 0 Å². The van der Waals surface area contributed by atoms with Gasteiger partial charge in [-0.2, -0.15) is 10.2 Å². The number of nitrogens with zero attached hydrogens (tertiary/aromatic N) is 5. The summed E-state index contributed by atoms with van der Waals surface area (Å²) in [6.07, 6.45) is 8.64. The van der Waals surface area contributed by atoms with Crippen LogP contribution in [-0.2, 0) is 11.8 Å². The highest BCUT2D eigenvalue weighted by Crippen LogP contribution is 2.41. The average molecular weight is 400 g/mol. The number of hydrogen-bond acceptors (Lipinski definition) is 4. The van der Waals surface area contributed by atoms with E-state index in [0.29, 0.717) is 0 Å². The van der Waals surface area contributed by atoms with Gasteiger partial charge in [-0.05, 0) is 49.1 Å². The first-order chi connectivity index (χ1) is 14.6. The molecule has 152 valence electrons. The molecule has 0 aliphatic carbocycles. The first-order valence-electron chi connectivity index (χ1n) is 10.6. The third kappa shape index (κ3) is 2.47. The molecule has 6 rings (SSSR count). The van der Waals surface area contributed by atoms with Crippen LogP contribution in [0.1, 0.15) is 19.3 Å². The minimum Gasteiger partial charge on any atom is -0.370 e. The van der Waals surface area contributed by atoms with Crippen molar-refractivity contribution >= 4 is 28.0 Å². The third-order valence-corrected chi connectivity index (χ3v) is 7.01. The van der Waals surface area contributed by atoms with Gasteiger partial charge in [-0.3, -0.25) is 9.48 Å². The van der Waals surface area contributed by atoms with Crippen molar-refractivity contribution in [3.05, 3.63) is 48.9 Å². The Hall–Kier alpha value is -3.35. The standard InChI is InChI=1S/C23H24N6O/c1-27-19-5-4-16(13-17(19)14-25-27)18-15-26-29-10-2-3-20(21(18)29)28-11-7-23(8-12-28)6-9-24-22(23)30/h2-5,10,13-15H,6-9,11-12H2,1H3,(H,24,30). The van der Waals surface area contributed by atoms with E-state index in [2.05, 4.69) is 50.7 Å². The molecule has 2 aliphatic heterocycles. The zero-order chi connectivity index (χ0) is 20.3. The van der Waals surface area contributed by atoms with E-state index in [1.165, 1.54) is 5.69 Å². The van der Waals surface area contributed by atoms with Crippen molar-refractivity contribution in [3.63, 3.8) is 0 Å². The molecule has 0 saturated carbocycles. The van der Waals surface area contributed by atoms with Crippen LogP contribution in [0, 0.1) is 5.41 Å². The second-order valence-corrected chi connectivity index (χ2v) is 8.56. The van der Waals surface area contributed by atoms with Crippen LogP contribution < -0.4 is 10.2 Å². The summed E-state index contributed by atoms with van der Waals surface area (Å²) in [4.78, 5) is 14.8. The number of fused-ring (bicyclic) bond motifs is 2. The number of benzene rings is 1. The maximum Gasteiger partial charge on any atom is 0.226 e. The number of anilines is 1. The maximum absolute atomic E-state index is 12.4. The summed E-state index contributed by atoms with van der Waals surface area (Å²) in [5.41, 5.74) is 5.52. The monoisotopic (exact) mass is 400 g/mol. The molecule has 2 saturated heterocycles. The van der Waals surface area contributed by atoms with E-state index in [0.717, 1.165) is 66.4 Å². The van der Waals surface area contributed by atoms with Crippen LogP contribution in [0.15, 0.2) is 48.9 Å². The first kappa shape index (κ1) is 17.5. The molecule has 0 atom stereocenters. The van der Waals surface area contributed by atoms with Crippen LogP contribution in [0.2, 0.25) is 0 Å². The van der Waals surface area contributed by atoms with Gasteiger partial charge in [0.05, 0.1) is 34.5 Å². The Bertz CT molecular complexity index is 1280.